The Labute approximate surface area is 136 Å². The molecule has 2 aromatic rings. The summed E-state index contributed by atoms with van der Waals surface area (Å²) in [5.41, 5.74) is 0.999. The fraction of sp³-hybridized carbons (Fsp3) is 0.0769. The van der Waals surface area contributed by atoms with Gasteiger partial charge >= 0.3 is 0 Å². The number of rotatable bonds is 4. The van der Waals surface area contributed by atoms with E-state index in [0.717, 1.165) is 4.47 Å². The lowest BCUT2D eigenvalue weighted by molar-refractivity contribution is 0.600. The minimum absolute atomic E-state index is 0.142. The molecular formula is C13H10BrCl2NO2S. The van der Waals surface area contributed by atoms with Crippen LogP contribution in [0.4, 0.5) is 5.69 Å². The lowest BCUT2D eigenvalue weighted by atomic mass is 10.2. The van der Waals surface area contributed by atoms with Crippen molar-refractivity contribution in [2.75, 3.05) is 4.72 Å². The number of nitrogens with one attached hydrogen (secondary N) is 1. The first kappa shape index (κ1) is 15.6. The van der Waals surface area contributed by atoms with E-state index in [2.05, 4.69) is 20.7 Å². The Kier molecular flexibility index (Phi) is 4.96. The first-order chi connectivity index (χ1) is 9.35. The summed E-state index contributed by atoms with van der Waals surface area (Å²) in [5, 5.41) is 0.897. The van der Waals surface area contributed by atoms with Crippen LogP contribution in [0, 0.1) is 0 Å². The second-order valence-electron chi connectivity index (χ2n) is 4.11. The standard InChI is InChI=1S/C13H10BrCl2NO2S/c14-10-3-6-13(12(16)7-10)17-20(18,19)8-9-1-4-11(15)5-2-9/h1-7,17H,8H2. The van der Waals surface area contributed by atoms with E-state index in [9.17, 15) is 8.42 Å². The molecule has 0 amide bonds. The summed E-state index contributed by atoms with van der Waals surface area (Å²) in [7, 11) is -3.53. The highest BCUT2D eigenvalue weighted by atomic mass is 79.9. The molecule has 0 fully saturated rings. The van der Waals surface area contributed by atoms with Crippen molar-refractivity contribution in [1.82, 2.24) is 0 Å². The molecule has 1 N–H and O–H groups in total. The van der Waals surface area contributed by atoms with E-state index in [1.807, 2.05) is 0 Å². The quantitative estimate of drug-likeness (QED) is 0.816. The van der Waals surface area contributed by atoms with Gasteiger partial charge in [-0.3, -0.25) is 4.72 Å². The van der Waals surface area contributed by atoms with Crippen LogP contribution in [0.15, 0.2) is 46.9 Å². The molecule has 0 unspecified atom stereocenters. The lowest BCUT2D eigenvalue weighted by Gasteiger charge is -2.10. The molecule has 7 heteroatoms. The van der Waals surface area contributed by atoms with Crippen LogP contribution in [-0.2, 0) is 15.8 Å². The molecule has 0 spiro atoms. The molecule has 3 nitrogen and oxygen atoms in total. The van der Waals surface area contributed by atoms with Gasteiger partial charge in [-0.05, 0) is 35.9 Å². The fourth-order valence-corrected chi connectivity index (χ4v) is 3.70. The molecule has 0 aliphatic heterocycles. The predicted molar refractivity (Wildman–Crippen MR) is 86.9 cm³/mol. The van der Waals surface area contributed by atoms with Crippen molar-refractivity contribution in [3.63, 3.8) is 0 Å². The molecule has 2 rings (SSSR count). The average Bonchev–Trinajstić information content (AvgIpc) is 2.35. The van der Waals surface area contributed by atoms with E-state index in [1.54, 1.807) is 42.5 Å². The zero-order chi connectivity index (χ0) is 14.8. The van der Waals surface area contributed by atoms with Crippen LogP contribution in [0.3, 0.4) is 0 Å². The largest absolute Gasteiger partial charge is 0.282 e. The number of sulfonamides is 1. The Morgan fingerprint density at radius 3 is 2.30 bits per heavy atom. The monoisotopic (exact) mass is 393 g/mol. The van der Waals surface area contributed by atoms with Crippen molar-refractivity contribution in [2.24, 2.45) is 0 Å². The zero-order valence-electron chi connectivity index (χ0n) is 10.1. The average molecular weight is 395 g/mol. The van der Waals surface area contributed by atoms with Gasteiger partial charge in [-0.2, -0.15) is 0 Å². The number of anilines is 1. The maximum absolute atomic E-state index is 12.1. The summed E-state index contributed by atoms with van der Waals surface area (Å²) in [4.78, 5) is 0. The normalized spacial score (nSPS) is 11.3. The van der Waals surface area contributed by atoms with E-state index in [1.165, 1.54) is 0 Å². The van der Waals surface area contributed by atoms with Gasteiger partial charge in [0.05, 0.1) is 16.5 Å². The summed E-state index contributed by atoms with van der Waals surface area (Å²) < 4.78 is 27.4. The Balaban J connectivity index is 2.17. The summed E-state index contributed by atoms with van der Waals surface area (Å²) in [5.74, 6) is -0.142. The third-order valence-electron chi connectivity index (χ3n) is 2.47. The minimum Gasteiger partial charge on any atom is -0.282 e. The van der Waals surface area contributed by atoms with Gasteiger partial charge in [-0.25, -0.2) is 8.42 Å². The zero-order valence-corrected chi connectivity index (χ0v) is 14.0. The van der Waals surface area contributed by atoms with Gasteiger partial charge in [0.15, 0.2) is 0 Å². The van der Waals surface area contributed by atoms with Gasteiger partial charge in [0, 0.05) is 9.50 Å². The topological polar surface area (TPSA) is 46.2 Å². The number of halogens is 3. The molecule has 0 heterocycles. The van der Waals surface area contributed by atoms with Gasteiger partial charge in [-0.15, -0.1) is 0 Å². The highest BCUT2D eigenvalue weighted by Crippen LogP contribution is 2.27. The van der Waals surface area contributed by atoms with Crippen LogP contribution >= 0.6 is 39.1 Å². The van der Waals surface area contributed by atoms with Crippen molar-refractivity contribution in [3.05, 3.63) is 62.5 Å². The Hall–Kier alpha value is -0.750. The summed E-state index contributed by atoms with van der Waals surface area (Å²) >= 11 is 15.0. The molecule has 0 radical (unpaired) electrons. The summed E-state index contributed by atoms with van der Waals surface area (Å²) in [6, 6.07) is 11.6. The van der Waals surface area contributed by atoms with Gasteiger partial charge in [0.2, 0.25) is 10.0 Å². The number of benzene rings is 2. The molecule has 0 atom stereocenters. The second kappa shape index (κ2) is 6.35. The third-order valence-corrected chi connectivity index (χ3v) is 4.77. The van der Waals surface area contributed by atoms with Crippen LogP contribution in [0.5, 0.6) is 0 Å². The van der Waals surface area contributed by atoms with Gasteiger partial charge in [0.25, 0.3) is 0 Å². The molecule has 0 saturated carbocycles. The number of hydrogen-bond acceptors (Lipinski definition) is 2. The maximum atomic E-state index is 12.1. The van der Waals surface area contributed by atoms with E-state index in [-0.39, 0.29) is 5.75 Å². The van der Waals surface area contributed by atoms with Crippen molar-refractivity contribution in [3.8, 4) is 0 Å². The second-order valence-corrected chi connectivity index (χ2v) is 7.59. The summed E-state index contributed by atoms with van der Waals surface area (Å²) in [6.07, 6.45) is 0. The van der Waals surface area contributed by atoms with E-state index < -0.39 is 10.0 Å². The minimum atomic E-state index is -3.53. The molecule has 106 valence electrons. The smallest absolute Gasteiger partial charge is 0.236 e. The van der Waals surface area contributed by atoms with Gasteiger partial charge in [0.1, 0.15) is 0 Å². The summed E-state index contributed by atoms with van der Waals surface area (Å²) in [6.45, 7) is 0. The highest BCUT2D eigenvalue weighted by Gasteiger charge is 2.13. The molecule has 0 aliphatic carbocycles. The van der Waals surface area contributed by atoms with Crippen molar-refractivity contribution in [1.29, 1.82) is 0 Å². The highest BCUT2D eigenvalue weighted by molar-refractivity contribution is 9.10. The first-order valence-corrected chi connectivity index (χ1v) is 8.76. The van der Waals surface area contributed by atoms with Gasteiger partial charge < -0.3 is 0 Å². The molecule has 2 aromatic carbocycles. The lowest BCUT2D eigenvalue weighted by Crippen LogP contribution is -2.15. The fourth-order valence-electron chi connectivity index (χ4n) is 1.58. The van der Waals surface area contributed by atoms with E-state index in [4.69, 9.17) is 23.2 Å². The Morgan fingerprint density at radius 2 is 1.70 bits per heavy atom. The van der Waals surface area contributed by atoms with Crippen molar-refractivity contribution < 1.29 is 8.42 Å². The van der Waals surface area contributed by atoms with E-state index in [0.29, 0.717) is 21.3 Å². The molecule has 0 bridgehead atoms. The third kappa shape index (κ3) is 4.38. The maximum Gasteiger partial charge on any atom is 0.236 e. The van der Waals surface area contributed by atoms with Crippen LogP contribution in [-0.4, -0.2) is 8.42 Å². The first-order valence-electron chi connectivity index (χ1n) is 5.56. The van der Waals surface area contributed by atoms with Crippen molar-refractivity contribution >= 4 is 54.8 Å². The molecule has 20 heavy (non-hydrogen) atoms. The Morgan fingerprint density at radius 1 is 1.05 bits per heavy atom. The number of hydrogen-bond donors (Lipinski definition) is 1. The van der Waals surface area contributed by atoms with E-state index >= 15 is 0 Å². The van der Waals surface area contributed by atoms with Gasteiger partial charge in [-0.1, -0.05) is 51.3 Å². The van der Waals surface area contributed by atoms with Crippen LogP contribution in [0.25, 0.3) is 0 Å². The molecular weight excluding hydrogens is 385 g/mol. The van der Waals surface area contributed by atoms with Crippen LogP contribution < -0.4 is 4.72 Å². The van der Waals surface area contributed by atoms with Crippen molar-refractivity contribution in [2.45, 2.75) is 5.75 Å². The molecule has 0 saturated heterocycles. The molecule has 0 aliphatic rings. The Bertz CT molecular complexity index is 718. The van der Waals surface area contributed by atoms with Crippen LogP contribution in [0.1, 0.15) is 5.56 Å². The van der Waals surface area contributed by atoms with Crippen LogP contribution in [0.2, 0.25) is 10.0 Å². The molecule has 0 aromatic heterocycles. The predicted octanol–water partition coefficient (Wildman–Crippen LogP) is 4.70. The SMILES string of the molecule is O=S(=O)(Cc1ccc(Cl)cc1)Nc1ccc(Br)cc1Cl.